The van der Waals surface area contributed by atoms with Crippen LogP contribution in [0.3, 0.4) is 0 Å². The summed E-state index contributed by atoms with van der Waals surface area (Å²) in [4.78, 5) is 0. The molecule has 1 atom stereocenters. The molecule has 3 nitrogen and oxygen atoms in total. The molecule has 1 aliphatic rings. The SMILES string of the molecule is O=S(O)N1C=Cc2ccccc2C1. The molecule has 1 aliphatic heterocycles. The summed E-state index contributed by atoms with van der Waals surface area (Å²) in [6, 6.07) is 7.83. The predicted molar refractivity (Wildman–Crippen MR) is 51.8 cm³/mol. The molecular formula is C9H9NO2S. The van der Waals surface area contributed by atoms with Crippen molar-refractivity contribution in [3.8, 4) is 0 Å². The lowest BCUT2D eigenvalue weighted by atomic mass is 10.1. The molecule has 0 amide bonds. The van der Waals surface area contributed by atoms with Gasteiger partial charge in [-0.15, -0.1) is 0 Å². The van der Waals surface area contributed by atoms with Gasteiger partial charge in [-0.25, -0.2) is 4.21 Å². The number of hydrogen-bond acceptors (Lipinski definition) is 1. The number of nitrogens with zero attached hydrogens (tertiary/aromatic N) is 1. The minimum atomic E-state index is -1.91. The monoisotopic (exact) mass is 195 g/mol. The summed E-state index contributed by atoms with van der Waals surface area (Å²) < 4.78 is 21.0. The molecule has 0 saturated carbocycles. The van der Waals surface area contributed by atoms with Gasteiger partial charge in [0.1, 0.15) is 0 Å². The van der Waals surface area contributed by atoms with Crippen LogP contribution in [0.2, 0.25) is 0 Å². The minimum Gasteiger partial charge on any atom is -0.289 e. The molecule has 0 bridgehead atoms. The molecule has 2 rings (SSSR count). The minimum absolute atomic E-state index is 0.496. The Hall–Kier alpha value is -1.13. The molecule has 0 saturated heterocycles. The van der Waals surface area contributed by atoms with E-state index in [-0.39, 0.29) is 0 Å². The average Bonchev–Trinajstić information content (AvgIpc) is 2.17. The van der Waals surface area contributed by atoms with Crippen LogP contribution in [-0.2, 0) is 17.8 Å². The van der Waals surface area contributed by atoms with E-state index < -0.39 is 11.3 Å². The van der Waals surface area contributed by atoms with Crippen molar-refractivity contribution < 1.29 is 8.76 Å². The summed E-state index contributed by atoms with van der Waals surface area (Å²) in [5, 5.41) is 0. The first-order valence-corrected chi connectivity index (χ1v) is 4.97. The standard InChI is InChI=1S/C9H9NO2S/c11-13(12)10-6-5-8-3-1-2-4-9(8)7-10/h1-6H,7H2,(H,11,12). The van der Waals surface area contributed by atoms with Gasteiger partial charge in [-0.2, -0.15) is 0 Å². The van der Waals surface area contributed by atoms with Gasteiger partial charge in [-0.05, 0) is 17.2 Å². The fourth-order valence-corrected chi connectivity index (χ4v) is 1.75. The van der Waals surface area contributed by atoms with E-state index in [0.717, 1.165) is 11.1 Å². The van der Waals surface area contributed by atoms with E-state index in [1.165, 1.54) is 4.31 Å². The fourth-order valence-electron chi connectivity index (χ4n) is 1.33. The van der Waals surface area contributed by atoms with E-state index >= 15 is 0 Å². The normalized spacial score (nSPS) is 16.8. The Balaban J connectivity index is 2.34. The second kappa shape index (κ2) is 3.32. The second-order valence-electron chi connectivity index (χ2n) is 2.82. The Morgan fingerprint density at radius 3 is 2.92 bits per heavy atom. The lowest BCUT2D eigenvalue weighted by Gasteiger charge is -2.20. The van der Waals surface area contributed by atoms with Crippen LogP contribution in [0, 0.1) is 0 Å². The highest BCUT2D eigenvalue weighted by molar-refractivity contribution is 7.76. The Kier molecular flexibility index (Phi) is 2.16. The number of rotatable bonds is 1. The van der Waals surface area contributed by atoms with E-state index in [9.17, 15) is 4.21 Å². The van der Waals surface area contributed by atoms with Gasteiger partial charge in [0.2, 0.25) is 0 Å². The first kappa shape index (κ1) is 8.47. The first-order valence-electron chi connectivity index (χ1n) is 3.91. The lowest BCUT2D eigenvalue weighted by Crippen LogP contribution is -2.21. The molecule has 1 aromatic rings. The third-order valence-corrected chi connectivity index (χ3v) is 2.65. The Morgan fingerprint density at radius 1 is 1.38 bits per heavy atom. The van der Waals surface area contributed by atoms with Gasteiger partial charge in [-0.1, -0.05) is 24.3 Å². The Labute approximate surface area is 79.1 Å². The van der Waals surface area contributed by atoms with Crippen LogP contribution < -0.4 is 0 Å². The lowest BCUT2D eigenvalue weighted by molar-refractivity contribution is 0.468. The smallest absolute Gasteiger partial charge is 0.261 e. The molecular weight excluding hydrogens is 186 g/mol. The van der Waals surface area contributed by atoms with Crippen molar-refractivity contribution in [3.63, 3.8) is 0 Å². The van der Waals surface area contributed by atoms with Gasteiger partial charge in [-0.3, -0.25) is 8.86 Å². The maximum atomic E-state index is 10.7. The van der Waals surface area contributed by atoms with E-state index in [4.69, 9.17) is 4.55 Å². The number of hydrogen-bond donors (Lipinski definition) is 1. The summed E-state index contributed by atoms with van der Waals surface area (Å²) in [6.07, 6.45) is 3.48. The molecule has 0 radical (unpaired) electrons. The molecule has 68 valence electrons. The molecule has 1 N–H and O–H groups in total. The molecule has 1 unspecified atom stereocenters. The molecule has 13 heavy (non-hydrogen) atoms. The predicted octanol–water partition coefficient (Wildman–Crippen LogP) is 1.61. The molecule has 1 aromatic carbocycles. The van der Waals surface area contributed by atoms with Crippen LogP contribution in [-0.4, -0.2) is 13.1 Å². The maximum absolute atomic E-state index is 10.7. The van der Waals surface area contributed by atoms with Crippen LogP contribution >= 0.6 is 0 Å². The van der Waals surface area contributed by atoms with Gasteiger partial charge in [0.15, 0.2) is 0 Å². The van der Waals surface area contributed by atoms with Gasteiger partial charge in [0.25, 0.3) is 11.3 Å². The molecule has 0 aliphatic carbocycles. The average molecular weight is 195 g/mol. The summed E-state index contributed by atoms with van der Waals surface area (Å²) in [5.74, 6) is 0. The number of benzene rings is 1. The van der Waals surface area contributed by atoms with Gasteiger partial charge >= 0.3 is 0 Å². The second-order valence-corrected chi connectivity index (χ2v) is 3.75. The van der Waals surface area contributed by atoms with E-state index in [1.807, 2.05) is 30.3 Å². The molecule has 1 heterocycles. The van der Waals surface area contributed by atoms with Crippen molar-refractivity contribution in [3.05, 3.63) is 41.6 Å². The molecule has 0 aromatic heterocycles. The van der Waals surface area contributed by atoms with Crippen LogP contribution in [0.1, 0.15) is 11.1 Å². The molecule has 4 heteroatoms. The quantitative estimate of drug-likeness (QED) is 0.691. The third kappa shape index (κ3) is 1.64. The number of fused-ring (bicyclic) bond motifs is 1. The zero-order valence-electron chi connectivity index (χ0n) is 6.88. The largest absolute Gasteiger partial charge is 0.289 e. The van der Waals surface area contributed by atoms with E-state index in [2.05, 4.69) is 0 Å². The van der Waals surface area contributed by atoms with Gasteiger partial charge in [0, 0.05) is 6.20 Å². The summed E-state index contributed by atoms with van der Waals surface area (Å²) in [7, 11) is 0. The van der Waals surface area contributed by atoms with Crippen LogP contribution in [0.4, 0.5) is 0 Å². The van der Waals surface area contributed by atoms with Crippen molar-refractivity contribution in [2.75, 3.05) is 0 Å². The van der Waals surface area contributed by atoms with E-state index in [0.29, 0.717) is 6.54 Å². The molecule has 0 fully saturated rings. The first-order chi connectivity index (χ1) is 6.27. The zero-order chi connectivity index (χ0) is 9.26. The Bertz CT molecular complexity index is 376. The topological polar surface area (TPSA) is 40.5 Å². The zero-order valence-corrected chi connectivity index (χ0v) is 7.70. The highest BCUT2D eigenvalue weighted by Crippen LogP contribution is 2.19. The highest BCUT2D eigenvalue weighted by atomic mass is 32.2. The van der Waals surface area contributed by atoms with Crippen LogP contribution in [0.5, 0.6) is 0 Å². The third-order valence-electron chi connectivity index (χ3n) is 2.00. The Morgan fingerprint density at radius 2 is 2.15 bits per heavy atom. The molecule has 0 spiro atoms. The summed E-state index contributed by atoms with van der Waals surface area (Å²) >= 11 is -1.91. The van der Waals surface area contributed by atoms with Gasteiger partial charge < -0.3 is 0 Å². The van der Waals surface area contributed by atoms with E-state index in [1.54, 1.807) is 6.20 Å². The van der Waals surface area contributed by atoms with Crippen LogP contribution in [0.25, 0.3) is 6.08 Å². The fraction of sp³-hybridized carbons (Fsp3) is 0.111. The maximum Gasteiger partial charge on any atom is 0.261 e. The summed E-state index contributed by atoms with van der Waals surface area (Å²) in [5.41, 5.74) is 2.19. The van der Waals surface area contributed by atoms with Crippen molar-refractivity contribution in [1.29, 1.82) is 0 Å². The highest BCUT2D eigenvalue weighted by Gasteiger charge is 2.12. The van der Waals surface area contributed by atoms with Crippen molar-refractivity contribution >= 4 is 17.3 Å². The van der Waals surface area contributed by atoms with Gasteiger partial charge in [0.05, 0.1) is 6.54 Å². The van der Waals surface area contributed by atoms with Crippen LogP contribution in [0.15, 0.2) is 30.5 Å². The van der Waals surface area contributed by atoms with Crippen molar-refractivity contribution in [2.24, 2.45) is 0 Å². The summed E-state index contributed by atoms with van der Waals surface area (Å²) in [6.45, 7) is 0.496. The van der Waals surface area contributed by atoms with Crippen molar-refractivity contribution in [1.82, 2.24) is 4.31 Å². The van der Waals surface area contributed by atoms with Crippen molar-refractivity contribution in [2.45, 2.75) is 6.54 Å².